The number of amides is 1. The zero-order chi connectivity index (χ0) is 20.2. The summed E-state index contributed by atoms with van der Waals surface area (Å²) in [5, 5.41) is 2.66. The Morgan fingerprint density at radius 2 is 1.74 bits per heavy atom. The van der Waals surface area contributed by atoms with Crippen LogP contribution in [0.2, 0.25) is 0 Å². The second kappa shape index (κ2) is 8.32. The molecule has 27 heavy (non-hydrogen) atoms. The van der Waals surface area contributed by atoms with E-state index in [2.05, 4.69) is 10.0 Å². The maximum absolute atomic E-state index is 12.5. The zero-order valence-corrected chi connectivity index (χ0v) is 16.4. The molecule has 0 saturated heterocycles. The van der Waals surface area contributed by atoms with Gasteiger partial charge >= 0.3 is 0 Å². The van der Waals surface area contributed by atoms with E-state index in [9.17, 15) is 18.0 Å². The summed E-state index contributed by atoms with van der Waals surface area (Å²) >= 11 is 0. The van der Waals surface area contributed by atoms with Crippen molar-refractivity contribution in [1.29, 1.82) is 0 Å². The standard InChI is InChI=1S/C19H22N2O5S/c1-12(2)21-27(24,25)18-11-15(8-9-17(18)26-4)19(23)20-16-7-5-6-14(10-16)13(3)22/h5-12,21H,1-4H3,(H,20,23). The summed E-state index contributed by atoms with van der Waals surface area (Å²) < 4.78 is 32.6. The number of sulfonamides is 1. The Morgan fingerprint density at radius 3 is 2.33 bits per heavy atom. The first-order valence-corrected chi connectivity index (χ1v) is 9.75. The summed E-state index contributed by atoms with van der Waals surface area (Å²) in [4.78, 5) is 23.9. The van der Waals surface area contributed by atoms with Crippen molar-refractivity contribution in [2.75, 3.05) is 12.4 Å². The normalized spacial score (nSPS) is 11.3. The predicted octanol–water partition coefficient (Wildman–Crippen LogP) is 2.84. The minimum absolute atomic E-state index is 0.121. The molecule has 0 spiro atoms. The first-order valence-electron chi connectivity index (χ1n) is 8.26. The van der Waals surface area contributed by atoms with E-state index in [1.807, 2.05) is 0 Å². The second-order valence-corrected chi connectivity index (χ2v) is 7.92. The fourth-order valence-electron chi connectivity index (χ4n) is 2.42. The van der Waals surface area contributed by atoms with Gasteiger partial charge in [-0.25, -0.2) is 13.1 Å². The highest BCUT2D eigenvalue weighted by atomic mass is 32.2. The van der Waals surface area contributed by atoms with E-state index in [1.165, 1.54) is 32.2 Å². The number of rotatable bonds is 7. The summed E-state index contributed by atoms with van der Waals surface area (Å²) in [6.07, 6.45) is 0. The van der Waals surface area contributed by atoms with Gasteiger partial charge in [0.15, 0.2) is 5.78 Å². The molecule has 0 unspecified atom stereocenters. The van der Waals surface area contributed by atoms with Crippen LogP contribution < -0.4 is 14.8 Å². The van der Waals surface area contributed by atoms with Gasteiger partial charge in [-0.05, 0) is 51.1 Å². The number of carbonyl (C=O) groups is 2. The van der Waals surface area contributed by atoms with E-state index < -0.39 is 15.9 Å². The van der Waals surface area contributed by atoms with Gasteiger partial charge in [0, 0.05) is 22.9 Å². The van der Waals surface area contributed by atoms with Crippen LogP contribution in [0.3, 0.4) is 0 Å². The van der Waals surface area contributed by atoms with Gasteiger partial charge in [0.1, 0.15) is 10.6 Å². The molecule has 0 aromatic heterocycles. The maximum atomic E-state index is 12.5. The molecular weight excluding hydrogens is 368 g/mol. The molecule has 8 heteroatoms. The lowest BCUT2D eigenvalue weighted by atomic mass is 10.1. The molecule has 0 saturated carbocycles. The highest BCUT2D eigenvalue weighted by molar-refractivity contribution is 7.89. The van der Waals surface area contributed by atoms with E-state index in [4.69, 9.17) is 4.74 Å². The lowest BCUT2D eigenvalue weighted by molar-refractivity contribution is 0.101. The Balaban J connectivity index is 2.36. The van der Waals surface area contributed by atoms with Crippen LogP contribution in [-0.2, 0) is 10.0 Å². The summed E-state index contributed by atoms with van der Waals surface area (Å²) in [5.74, 6) is -0.485. The van der Waals surface area contributed by atoms with Crippen LogP contribution >= 0.6 is 0 Å². The molecule has 0 bridgehead atoms. The largest absolute Gasteiger partial charge is 0.495 e. The van der Waals surface area contributed by atoms with Crippen molar-refractivity contribution in [3.8, 4) is 5.75 Å². The molecule has 2 N–H and O–H groups in total. The quantitative estimate of drug-likeness (QED) is 0.708. The van der Waals surface area contributed by atoms with Crippen molar-refractivity contribution >= 4 is 27.4 Å². The van der Waals surface area contributed by atoms with Crippen LogP contribution in [0.4, 0.5) is 5.69 Å². The number of methoxy groups -OCH3 is 1. The number of nitrogens with one attached hydrogen (secondary N) is 2. The second-order valence-electron chi connectivity index (χ2n) is 6.23. The molecule has 0 aliphatic rings. The van der Waals surface area contributed by atoms with Crippen LogP contribution in [0.15, 0.2) is 47.4 Å². The van der Waals surface area contributed by atoms with Crippen molar-refractivity contribution in [1.82, 2.24) is 4.72 Å². The topological polar surface area (TPSA) is 102 Å². The summed E-state index contributed by atoms with van der Waals surface area (Å²) in [5.41, 5.74) is 1.05. The molecule has 0 aliphatic heterocycles. The van der Waals surface area contributed by atoms with E-state index in [0.717, 1.165) is 0 Å². The van der Waals surface area contributed by atoms with Gasteiger partial charge in [-0.1, -0.05) is 12.1 Å². The number of ether oxygens (including phenoxy) is 1. The van der Waals surface area contributed by atoms with Gasteiger partial charge in [-0.15, -0.1) is 0 Å². The van der Waals surface area contributed by atoms with Gasteiger partial charge in [-0.3, -0.25) is 9.59 Å². The fraction of sp³-hybridized carbons (Fsp3) is 0.263. The molecule has 0 atom stereocenters. The Hall–Kier alpha value is -2.71. The third kappa shape index (κ3) is 5.15. The molecule has 1 amide bonds. The van der Waals surface area contributed by atoms with Crippen molar-refractivity contribution in [2.45, 2.75) is 31.7 Å². The summed E-state index contributed by atoms with van der Waals surface area (Å²) in [7, 11) is -2.49. The van der Waals surface area contributed by atoms with Crippen molar-refractivity contribution in [3.63, 3.8) is 0 Å². The van der Waals surface area contributed by atoms with E-state index in [1.54, 1.807) is 38.1 Å². The first-order chi connectivity index (χ1) is 12.6. The third-order valence-electron chi connectivity index (χ3n) is 3.63. The lowest BCUT2D eigenvalue weighted by Crippen LogP contribution is -2.30. The fourth-order valence-corrected chi connectivity index (χ4v) is 3.87. The SMILES string of the molecule is COc1ccc(C(=O)Nc2cccc(C(C)=O)c2)cc1S(=O)(=O)NC(C)C. The van der Waals surface area contributed by atoms with E-state index in [0.29, 0.717) is 11.3 Å². The Kier molecular flexibility index (Phi) is 6.35. The molecule has 2 rings (SSSR count). The molecular formula is C19H22N2O5S. The minimum Gasteiger partial charge on any atom is -0.495 e. The highest BCUT2D eigenvalue weighted by Crippen LogP contribution is 2.25. The lowest BCUT2D eigenvalue weighted by Gasteiger charge is -2.14. The van der Waals surface area contributed by atoms with Crippen molar-refractivity contribution in [3.05, 3.63) is 53.6 Å². The summed E-state index contributed by atoms with van der Waals surface area (Å²) in [6, 6.07) is 10.3. The van der Waals surface area contributed by atoms with Gasteiger partial charge in [-0.2, -0.15) is 0 Å². The molecule has 0 radical (unpaired) electrons. The number of Topliss-reactive ketones (excluding diaryl/α,β-unsaturated/α-hetero) is 1. The van der Waals surface area contributed by atoms with Crippen LogP contribution in [0.25, 0.3) is 0 Å². The van der Waals surface area contributed by atoms with E-state index >= 15 is 0 Å². The average molecular weight is 390 g/mol. The molecule has 2 aromatic rings. The molecule has 0 fully saturated rings. The number of ketones is 1. The summed E-state index contributed by atoms with van der Waals surface area (Å²) in [6.45, 7) is 4.83. The highest BCUT2D eigenvalue weighted by Gasteiger charge is 2.22. The van der Waals surface area contributed by atoms with Crippen LogP contribution in [-0.4, -0.2) is 33.3 Å². The number of hydrogen-bond donors (Lipinski definition) is 2. The Labute approximate surface area is 158 Å². The number of hydrogen-bond acceptors (Lipinski definition) is 5. The van der Waals surface area contributed by atoms with Crippen molar-refractivity contribution in [2.24, 2.45) is 0 Å². The zero-order valence-electron chi connectivity index (χ0n) is 15.6. The van der Waals surface area contributed by atoms with Gasteiger partial charge in [0.05, 0.1) is 7.11 Å². The number of benzene rings is 2. The van der Waals surface area contributed by atoms with Gasteiger partial charge < -0.3 is 10.1 Å². The molecule has 0 aliphatic carbocycles. The number of carbonyl (C=O) groups excluding carboxylic acids is 2. The molecule has 7 nitrogen and oxygen atoms in total. The van der Waals surface area contributed by atoms with Crippen LogP contribution in [0.5, 0.6) is 5.75 Å². The molecule has 2 aromatic carbocycles. The third-order valence-corrected chi connectivity index (χ3v) is 5.31. The predicted molar refractivity (Wildman–Crippen MR) is 103 cm³/mol. The first kappa shape index (κ1) is 20.6. The molecule has 0 heterocycles. The van der Waals surface area contributed by atoms with Crippen LogP contribution in [0.1, 0.15) is 41.5 Å². The Bertz CT molecular complexity index is 968. The maximum Gasteiger partial charge on any atom is 0.255 e. The average Bonchev–Trinajstić information content (AvgIpc) is 2.60. The van der Waals surface area contributed by atoms with E-state index in [-0.39, 0.29) is 28.0 Å². The van der Waals surface area contributed by atoms with Crippen molar-refractivity contribution < 1.29 is 22.7 Å². The Morgan fingerprint density at radius 1 is 1.04 bits per heavy atom. The minimum atomic E-state index is -3.85. The monoisotopic (exact) mass is 390 g/mol. The molecule has 144 valence electrons. The number of anilines is 1. The smallest absolute Gasteiger partial charge is 0.255 e. The van der Waals surface area contributed by atoms with Gasteiger partial charge in [0.2, 0.25) is 10.0 Å². The van der Waals surface area contributed by atoms with Crippen LogP contribution in [0, 0.1) is 0 Å². The van der Waals surface area contributed by atoms with Gasteiger partial charge in [0.25, 0.3) is 5.91 Å².